The Hall–Kier alpha value is -2.77. The van der Waals surface area contributed by atoms with Crippen LogP contribution in [-0.2, 0) is 0 Å². The van der Waals surface area contributed by atoms with E-state index in [0.29, 0.717) is 17.8 Å². The predicted octanol–water partition coefficient (Wildman–Crippen LogP) is 2.58. The van der Waals surface area contributed by atoms with Crippen molar-refractivity contribution in [2.24, 2.45) is 0 Å². The van der Waals surface area contributed by atoms with Gasteiger partial charge in [0.1, 0.15) is 18.3 Å². The molecule has 8 heteroatoms. The summed E-state index contributed by atoms with van der Waals surface area (Å²) in [5.41, 5.74) is 0.474. The van der Waals surface area contributed by atoms with Gasteiger partial charge in [-0.05, 0) is 37.8 Å². The Morgan fingerprint density at radius 2 is 2.25 bits per heavy atom. The maximum atomic E-state index is 12.8. The number of likely N-dealkylation sites (tertiary alicyclic amines) is 1. The van der Waals surface area contributed by atoms with Gasteiger partial charge in [0, 0.05) is 24.2 Å². The van der Waals surface area contributed by atoms with Gasteiger partial charge in [-0.3, -0.25) is 14.9 Å². The van der Waals surface area contributed by atoms with E-state index in [9.17, 15) is 14.9 Å². The maximum Gasteiger partial charge on any atom is 0.295 e. The molecule has 24 heavy (non-hydrogen) atoms. The number of rotatable bonds is 4. The van der Waals surface area contributed by atoms with Crippen LogP contribution in [0.1, 0.15) is 43.0 Å². The Balaban J connectivity index is 1.95. The third kappa shape index (κ3) is 2.99. The van der Waals surface area contributed by atoms with Crippen LogP contribution in [0, 0.1) is 10.1 Å². The van der Waals surface area contributed by atoms with E-state index in [2.05, 4.69) is 17.0 Å². The van der Waals surface area contributed by atoms with Gasteiger partial charge in [-0.2, -0.15) is 5.10 Å². The van der Waals surface area contributed by atoms with Crippen LogP contribution in [0.25, 0.3) is 5.69 Å². The van der Waals surface area contributed by atoms with Gasteiger partial charge in [0.05, 0.1) is 4.92 Å². The molecule has 1 atom stereocenters. The molecule has 0 N–H and O–H groups in total. The summed E-state index contributed by atoms with van der Waals surface area (Å²) < 4.78 is 1.32. The molecular formula is C16H19N5O3. The number of nitro groups is 1. The van der Waals surface area contributed by atoms with Gasteiger partial charge in [0.2, 0.25) is 0 Å². The Morgan fingerprint density at radius 3 is 2.92 bits per heavy atom. The lowest BCUT2D eigenvalue weighted by Crippen LogP contribution is -2.43. The van der Waals surface area contributed by atoms with E-state index in [1.54, 1.807) is 12.1 Å². The number of hydrogen-bond donors (Lipinski definition) is 0. The minimum absolute atomic E-state index is 0.144. The van der Waals surface area contributed by atoms with Gasteiger partial charge in [0.25, 0.3) is 11.6 Å². The van der Waals surface area contributed by atoms with Crippen molar-refractivity contribution in [1.29, 1.82) is 0 Å². The number of nitrogens with zero attached hydrogens (tertiary/aromatic N) is 5. The molecule has 1 aromatic carbocycles. The molecule has 8 nitrogen and oxygen atoms in total. The first-order chi connectivity index (χ1) is 11.6. The van der Waals surface area contributed by atoms with E-state index in [1.807, 2.05) is 4.90 Å². The van der Waals surface area contributed by atoms with Crippen molar-refractivity contribution in [3.05, 3.63) is 46.5 Å². The fraction of sp³-hybridized carbons (Fsp3) is 0.438. The molecule has 0 spiro atoms. The summed E-state index contributed by atoms with van der Waals surface area (Å²) >= 11 is 0. The highest BCUT2D eigenvalue weighted by Crippen LogP contribution is 2.26. The first-order valence-electron chi connectivity index (χ1n) is 8.06. The number of hydrogen-bond acceptors (Lipinski definition) is 5. The minimum atomic E-state index is -0.499. The highest BCUT2D eigenvalue weighted by molar-refractivity contribution is 5.95. The van der Waals surface area contributed by atoms with Crippen LogP contribution in [0.4, 0.5) is 5.69 Å². The number of nitro benzene ring substituents is 1. The number of amides is 1. The summed E-state index contributed by atoms with van der Waals surface area (Å²) in [5.74, 6) is -0.144. The average Bonchev–Trinajstić information content (AvgIpc) is 3.15. The Bertz CT molecular complexity index is 744. The second kappa shape index (κ2) is 6.77. The number of carbonyl (C=O) groups is 1. The van der Waals surface area contributed by atoms with Crippen molar-refractivity contribution in [3.63, 3.8) is 0 Å². The van der Waals surface area contributed by atoms with Crippen molar-refractivity contribution in [1.82, 2.24) is 19.7 Å². The largest absolute Gasteiger partial charge is 0.336 e. The van der Waals surface area contributed by atoms with E-state index in [0.717, 1.165) is 25.7 Å². The molecule has 0 radical (unpaired) electrons. The smallest absolute Gasteiger partial charge is 0.295 e. The molecule has 0 bridgehead atoms. The molecule has 126 valence electrons. The fourth-order valence-electron chi connectivity index (χ4n) is 3.19. The summed E-state index contributed by atoms with van der Waals surface area (Å²) in [6.45, 7) is 2.77. The second-order valence-corrected chi connectivity index (χ2v) is 5.86. The first-order valence-corrected chi connectivity index (χ1v) is 8.06. The normalized spacial score (nSPS) is 17.7. The van der Waals surface area contributed by atoms with Crippen molar-refractivity contribution >= 4 is 11.6 Å². The van der Waals surface area contributed by atoms with Gasteiger partial charge in [-0.15, -0.1) is 0 Å². The lowest BCUT2D eigenvalue weighted by molar-refractivity contribution is -0.384. The Morgan fingerprint density at radius 1 is 1.42 bits per heavy atom. The predicted molar refractivity (Wildman–Crippen MR) is 87.0 cm³/mol. The van der Waals surface area contributed by atoms with Crippen molar-refractivity contribution in [2.45, 2.75) is 38.6 Å². The van der Waals surface area contributed by atoms with Crippen LogP contribution in [0.15, 0.2) is 30.9 Å². The van der Waals surface area contributed by atoms with Crippen molar-refractivity contribution in [3.8, 4) is 5.69 Å². The molecule has 1 aliphatic rings. The quantitative estimate of drug-likeness (QED) is 0.635. The zero-order valence-electron chi connectivity index (χ0n) is 13.5. The molecular weight excluding hydrogens is 310 g/mol. The Labute approximate surface area is 139 Å². The molecule has 2 heterocycles. The maximum absolute atomic E-state index is 12.8. The molecule has 1 saturated heterocycles. The Kier molecular flexibility index (Phi) is 4.54. The highest BCUT2D eigenvalue weighted by Gasteiger charge is 2.28. The third-order valence-electron chi connectivity index (χ3n) is 4.44. The number of benzene rings is 1. The van der Waals surface area contributed by atoms with E-state index in [-0.39, 0.29) is 17.6 Å². The SMILES string of the molecule is CCC1CCCCN1C(=O)c1ccc(-n2cncn2)c([N+](=O)[O-])c1. The molecule has 3 rings (SSSR count). The first kappa shape index (κ1) is 16.1. The van der Waals surface area contributed by atoms with E-state index >= 15 is 0 Å². The van der Waals surface area contributed by atoms with Crippen LogP contribution in [0.2, 0.25) is 0 Å². The lowest BCUT2D eigenvalue weighted by Gasteiger charge is -2.35. The zero-order valence-corrected chi connectivity index (χ0v) is 13.5. The van der Waals surface area contributed by atoms with Gasteiger partial charge in [-0.1, -0.05) is 6.92 Å². The molecule has 1 aromatic heterocycles. The lowest BCUT2D eigenvalue weighted by atomic mass is 9.98. The molecule has 1 fully saturated rings. The number of aromatic nitrogens is 3. The summed E-state index contributed by atoms with van der Waals surface area (Å²) in [6, 6.07) is 4.71. The van der Waals surface area contributed by atoms with Crippen LogP contribution in [0.5, 0.6) is 0 Å². The molecule has 0 aliphatic carbocycles. The van der Waals surface area contributed by atoms with Crippen LogP contribution in [0.3, 0.4) is 0 Å². The summed E-state index contributed by atoms with van der Waals surface area (Å²) in [7, 11) is 0. The third-order valence-corrected chi connectivity index (χ3v) is 4.44. The second-order valence-electron chi connectivity index (χ2n) is 5.86. The van der Waals surface area contributed by atoms with E-state index in [4.69, 9.17) is 0 Å². The zero-order chi connectivity index (χ0) is 17.1. The van der Waals surface area contributed by atoms with Crippen LogP contribution >= 0.6 is 0 Å². The molecule has 1 amide bonds. The summed E-state index contributed by atoms with van der Waals surface area (Å²) in [4.78, 5) is 29.4. The van der Waals surface area contributed by atoms with Crippen LogP contribution < -0.4 is 0 Å². The van der Waals surface area contributed by atoms with Gasteiger partial charge < -0.3 is 4.90 Å². The molecule has 0 saturated carbocycles. The molecule has 1 aliphatic heterocycles. The molecule has 2 aromatic rings. The minimum Gasteiger partial charge on any atom is -0.336 e. The highest BCUT2D eigenvalue weighted by atomic mass is 16.6. The average molecular weight is 329 g/mol. The number of carbonyl (C=O) groups excluding carboxylic acids is 1. The van der Waals surface area contributed by atoms with Crippen LogP contribution in [-0.4, -0.2) is 43.1 Å². The molecule has 1 unspecified atom stereocenters. The standard InChI is InChI=1S/C16H19N5O3/c1-2-13-5-3-4-8-19(13)16(22)12-6-7-14(15(9-12)21(23)24)20-11-17-10-18-20/h6-7,9-11,13H,2-5,8H2,1H3. The van der Waals surface area contributed by atoms with E-state index in [1.165, 1.54) is 23.4 Å². The van der Waals surface area contributed by atoms with Crippen molar-refractivity contribution in [2.75, 3.05) is 6.54 Å². The fourth-order valence-corrected chi connectivity index (χ4v) is 3.19. The van der Waals surface area contributed by atoms with E-state index < -0.39 is 4.92 Å². The number of piperidine rings is 1. The van der Waals surface area contributed by atoms with Crippen molar-refractivity contribution < 1.29 is 9.72 Å². The topological polar surface area (TPSA) is 94.2 Å². The van der Waals surface area contributed by atoms with Gasteiger partial charge in [-0.25, -0.2) is 9.67 Å². The summed E-state index contributed by atoms with van der Waals surface area (Å²) in [6.07, 6.45) is 6.67. The van der Waals surface area contributed by atoms with Gasteiger partial charge in [0.15, 0.2) is 0 Å². The van der Waals surface area contributed by atoms with Gasteiger partial charge >= 0.3 is 0 Å². The summed E-state index contributed by atoms with van der Waals surface area (Å²) in [5, 5.41) is 15.3. The monoisotopic (exact) mass is 329 g/mol.